The summed E-state index contributed by atoms with van der Waals surface area (Å²) < 4.78 is 187. The van der Waals surface area contributed by atoms with E-state index >= 15 is 0 Å². The zero-order valence-electron chi connectivity index (χ0n) is 76.4. The number of nitrogens with zero attached hydrogens (tertiary/aromatic N) is 1. The first-order valence-electron chi connectivity index (χ1n) is 44.2. The van der Waals surface area contributed by atoms with E-state index < -0.39 is 164 Å². The molecule has 16 rings (SSSR count). The van der Waals surface area contributed by atoms with Gasteiger partial charge in [0.25, 0.3) is 23.6 Å². The Hall–Kier alpha value is -13.2. The Bertz CT molecular complexity index is 6940. The molecule has 752 valence electrons. The first-order chi connectivity index (χ1) is 69.2. The Morgan fingerprint density at radius 1 is 0.324 bits per heavy atom. The quantitative estimate of drug-likeness (QED) is 0.0214. The summed E-state index contributed by atoms with van der Waals surface area (Å²) in [5.74, 6) is -18.3. The van der Waals surface area contributed by atoms with Gasteiger partial charge >= 0.3 is 23.9 Å². The molecule has 13 aromatic rings. The number of hydrogen-bond donors (Lipinski definition) is 5. The Labute approximate surface area is 860 Å². The predicted octanol–water partition coefficient (Wildman–Crippen LogP) is 24.2. The normalized spacial score (nSPS) is 13.1. The lowest BCUT2D eigenvalue weighted by Crippen LogP contribution is -2.44. The Morgan fingerprint density at radius 2 is 0.607 bits per heavy atom. The van der Waals surface area contributed by atoms with Gasteiger partial charge in [0.15, 0.2) is 0 Å². The molecule has 0 unspecified atom stereocenters. The van der Waals surface area contributed by atoms with Gasteiger partial charge in [-0.3, -0.25) is 29.0 Å². The number of amides is 4. The molecule has 2 heterocycles. The molecule has 4 atom stereocenters. The van der Waals surface area contributed by atoms with Gasteiger partial charge in [-0.25, -0.2) is 71.9 Å². The minimum absolute atomic E-state index is 0.00363. The smallest absolute Gasteiger partial charge is 0.328 e. The molecule has 19 nitrogen and oxygen atoms in total. The summed E-state index contributed by atoms with van der Waals surface area (Å²) in [5.41, 5.74) is 9.08. The van der Waals surface area contributed by atoms with Crippen molar-refractivity contribution in [1.29, 1.82) is 0 Å². The Kier molecular flexibility index (Phi) is 36.6. The number of pyridine rings is 1. The van der Waals surface area contributed by atoms with E-state index in [4.69, 9.17) is 112 Å². The van der Waals surface area contributed by atoms with E-state index in [1.807, 2.05) is 0 Å². The van der Waals surface area contributed by atoms with Gasteiger partial charge in [0.05, 0.1) is 74.1 Å². The second kappa shape index (κ2) is 48.6. The molecule has 0 saturated heterocycles. The standard InChI is InChI=1S/C27H20Cl2F3NO4.C27H22Cl2F3NO3.C26H21Cl2F3N2O3.C26H17Cl2F3N2O3/c1-37-27(36)23(33-26(35)25-21(31)3-2-4-22(25)32)9-13-5-7-17(18-12-15(34)6-8-16(13)18)24-19(28)10-14(30)11-20(24)29;1-36-27(35)23(33-26(34)25-21(31)7-4-8-22(25)32)11-14-9-10-18(17-6-3-2-5-16(14)17)24-19(28)12-15(30)13-20(24)29;2*1-36-26(35)21(33-25(34)23-19(30)5-2-6-20(23)31)10-13-7-8-16(24-15(13)4-3-9-32-24)22-17(27)11-14(29)12-18(22)28/h2-5,7,10-11,23H,6,8-9,12H2,1H3,(H,33,35);4,7-10,12-13,23H,2-3,5-6,11H2,1H3,(H,33,34);2,5-8,11-12,21,32H,3-4,9-10H2,1H3,(H,33,34);2-9,11-12,21H,10H2,1H3,(H,33,34)/t2*23-;2*21-/m0000/s1. The van der Waals surface area contributed by atoms with E-state index in [9.17, 15) is 95.8 Å². The number of Topliss-reactive ketones (excluding diaryl/α,β-unsaturated/α-hetero) is 1. The molecule has 145 heavy (non-hydrogen) atoms. The summed E-state index contributed by atoms with van der Waals surface area (Å²) in [7, 11) is 4.58. The molecule has 5 N–H and O–H groups in total. The molecule has 39 heteroatoms. The van der Waals surface area contributed by atoms with Crippen molar-refractivity contribution >= 4 is 163 Å². The fourth-order valence-corrected chi connectivity index (χ4v) is 20.1. The van der Waals surface area contributed by atoms with Crippen molar-refractivity contribution in [2.45, 2.75) is 108 Å². The largest absolute Gasteiger partial charge is 0.467 e. The highest BCUT2D eigenvalue weighted by Gasteiger charge is 2.36. The average molecular weight is 2160 g/mol. The predicted molar refractivity (Wildman–Crippen MR) is 527 cm³/mol. The van der Waals surface area contributed by atoms with Crippen LogP contribution in [0.4, 0.5) is 58.4 Å². The van der Waals surface area contributed by atoms with Crippen molar-refractivity contribution in [1.82, 2.24) is 26.3 Å². The molecule has 0 spiro atoms. The van der Waals surface area contributed by atoms with Crippen LogP contribution in [-0.2, 0) is 101 Å². The van der Waals surface area contributed by atoms with Gasteiger partial charge in [-0.2, -0.15) is 0 Å². The van der Waals surface area contributed by atoms with Crippen molar-refractivity contribution in [2.75, 3.05) is 40.3 Å². The van der Waals surface area contributed by atoms with E-state index in [1.54, 1.807) is 66.9 Å². The summed E-state index contributed by atoms with van der Waals surface area (Å²) in [6.45, 7) is 0.670. The molecule has 1 aliphatic heterocycles. The monoisotopic (exact) mass is 2150 g/mol. The highest BCUT2D eigenvalue weighted by molar-refractivity contribution is 6.42. The number of hydrogen-bond acceptors (Lipinski definition) is 15. The summed E-state index contributed by atoms with van der Waals surface area (Å²) in [6, 6.07) is 33.6. The van der Waals surface area contributed by atoms with Crippen LogP contribution in [0.1, 0.15) is 117 Å². The molecular weight excluding hydrogens is 2080 g/mol. The van der Waals surface area contributed by atoms with Gasteiger partial charge < -0.3 is 45.5 Å². The van der Waals surface area contributed by atoms with Crippen LogP contribution in [0.2, 0.25) is 40.2 Å². The number of rotatable bonds is 24. The van der Waals surface area contributed by atoms with Crippen molar-refractivity contribution in [3.05, 3.63) is 371 Å². The molecule has 2 aliphatic carbocycles. The maximum atomic E-state index is 14.1. The van der Waals surface area contributed by atoms with Crippen molar-refractivity contribution in [3.8, 4) is 44.5 Å². The fraction of sp³-hybridized carbons (Fsp3) is 0.208. The van der Waals surface area contributed by atoms with E-state index in [0.29, 0.717) is 97.9 Å². The molecule has 0 saturated carbocycles. The molecule has 12 aromatic carbocycles. The van der Waals surface area contributed by atoms with Crippen LogP contribution in [0, 0.1) is 69.8 Å². The topological polar surface area (TPSA) is 264 Å². The van der Waals surface area contributed by atoms with Gasteiger partial charge in [-0.15, -0.1) is 0 Å². The summed E-state index contributed by atoms with van der Waals surface area (Å²) in [5, 5.41) is 14.4. The molecule has 0 bridgehead atoms. The highest BCUT2D eigenvalue weighted by atomic mass is 35.5. The number of esters is 4. The van der Waals surface area contributed by atoms with Crippen LogP contribution in [0.25, 0.3) is 55.4 Å². The van der Waals surface area contributed by atoms with Gasteiger partial charge in [0.2, 0.25) is 0 Å². The number of carbonyl (C=O) groups excluding carboxylic acids is 9. The lowest BCUT2D eigenvalue weighted by molar-refractivity contribution is -0.143. The Morgan fingerprint density at radius 3 is 0.959 bits per heavy atom. The molecular formula is C106H80Cl8F12N6O13. The number of fused-ring (bicyclic) bond motifs is 4. The molecule has 0 fully saturated rings. The number of carbonyl (C=O) groups is 9. The lowest BCUT2D eigenvalue weighted by Gasteiger charge is -2.26. The number of benzene rings is 12. The molecule has 4 amide bonds. The first kappa shape index (κ1) is 109. The average Bonchev–Trinajstić information content (AvgIpc) is 0.773. The molecule has 0 radical (unpaired) electrons. The van der Waals surface area contributed by atoms with Crippen LogP contribution in [0.5, 0.6) is 0 Å². The van der Waals surface area contributed by atoms with Gasteiger partial charge in [-0.05, 0) is 209 Å². The zero-order valence-corrected chi connectivity index (χ0v) is 82.5. The van der Waals surface area contributed by atoms with Crippen LogP contribution in [-0.4, -0.2) is 117 Å². The maximum Gasteiger partial charge on any atom is 0.328 e. The minimum Gasteiger partial charge on any atom is -0.467 e. The van der Waals surface area contributed by atoms with E-state index in [1.165, 1.54) is 31.4 Å². The third kappa shape index (κ3) is 25.3. The number of ketones is 1. The number of anilines is 1. The van der Waals surface area contributed by atoms with Crippen LogP contribution >= 0.6 is 92.8 Å². The third-order valence-corrected chi connectivity index (χ3v) is 26.5. The van der Waals surface area contributed by atoms with Gasteiger partial charge in [0, 0.05) is 95.7 Å². The van der Waals surface area contributed by atoms with E-state index in [0.717, 1.165) is 183 Å². The van der Waals surface area contributed by atoms with Gasteiger partial charge in [-0.1, -0.05) is 172 Å². The number of methoxy groups -OCH3 is 4. The van der Waals surface area contributed by atoms with Crippen LogP contribution in [0.15, 0.2) is 188 Å². The fourth-order valence-electron chi connectivity index (χ4n) is 17.5. The number of nitrogens with one attached hydrogen (secondary N) is 5. The third-order valence-electron chi connectivity index (χ3n) is 24.1. The number of aromatic nitrogens is 1. The SMILES string of the molecule is COC(=O)[C@H](Cc1ccc(-c2c(Cl)cc(F)cc2Cl)c2c1CCC(=O)C2)NC(=O)c1c(F)cccc1F.COC(=O)[C@H](Cc1ccc(-c2c(Cl)cc(F)cc2Cl)c2c1CCCC2)NC(=O)c1c(F)cccc1F.COC(=O)[C@H](Cc1ccc(-c2c(Cl)cc(F)cc2Cl)c2c1CCCN2)NC(=O)c1c(F)cccc1F.COC(=O)[C@H](Cc1ccc(-c2c(Cl)cc(F)cc2Cl)c2ncccc12)NC(=O)c1c(F)cccc1F. The van der Waals surface area contributed by atoms with Crippen LogP contribution < -0.4 is 26.6 Å². The number of ether oxygens (including phenoxy) is 4. The van der Waals surface area contributed by atoms with E-state index in [-0.39, 0.29) is 84.5 Å². The minimum atomic E-state index is -1.28. The Balaban J connectivity index is 0.000000162. The van der Waals surface area contributed by atoms with Crippen molar-refractivity contribution in [3.63, 3.8) is 0 Å². The van der Waals surface area contributed by atoms with Gasteiger partial charge in [0.1, 0.15) is 122 Å². The maximum absolute atomic E-state index is 14.1. The summed E-state index contributed by atoms with van der Waals surface area (Å²) >= 11 is 50.5. The first-order valence-corrected chi connectivity index (χ1v) is 47.2. The van der Waals surface area contributed by atoms with Crippen LogP contribution in [0.3, 0.4) is 0 Å². The van der Waals surface area contributed by atoms with Crippen molar-refractivity contribution < 1.29 is 115 Å². The highest BCUT2D eigenvalue weighted by Crippen LogP contribution is 2.48. The summed E-state index contributed by atoms with van der Waals surface area (Å²) in [6.07, 6.45) is 6.80. The van der Waals surface area contributed by atoms with Crippen molar-refractivity contribution in [2.24, 2.45) is 0 Å². The molecule has 1 aromatic heterocycles. The summed E-state index contributed by atoms with van der Waals surface area (Å²) in [4.78, 5) is 118. The molecule has 3 aliphatic rings. The zero-order chi connectivity index (χ0) is 105. The van der Waals surface area contributed by atoms with E-state index in [2.05, 4.69) is 31.6 Å². The second-order valence-electron chi connectivity index (χ2n) is 33.1. The second-order valence-corrected chi connectivity index (χ2v) is 36.3. The number of halogens is 20. The lowest BCUT2D eigenvalue weighted by atomic mass is 9.81.